The van der Waals surface area contributed by atoms with Gasteiger partial charge in [0.2, 0.25) is 5.91 Å². The molecular formula is C15H17N3O3. The summed E-state index contributed by atoms with van der Waals surface area (Å²) in [5, 5.41) is 14.3. The smallest absolute Gasteiger partial charge is 0.253 e. The zero-order valence-electron chi connectivity index (χ0n) is 11.6. The van der Waals surface area contributed by atoms with Crippen LogP contribution in [0.1, 0.15) is 35.2 Å². The van der Waals surface area contributed by atoms with Crippen molar-refractivity contribution in [3.8, 4) is 11.8 Å². The standard InChI is InChI=1S/C15H17N3O3/c19-6-2-1-3-11-7-12(9-16-8-11)15(21)18-13-4-5-14(20)17-10-13/h7-9,13,19H,2,4-6,10H2,(H,17,20)(H,18,21). The first-order valence-electron chi connectivity index (χ1n) is 6.81. The van der Waals surface area contributed by atoms with Gasteiger partial charge in [-0.1, -0.05) is 11.8 Å². The third kappa shape index (κ3) is 4.58. The van der Waals surface area contributed by atoms with Crippen LogP contribution in [0, 0.1) is 11.8 Å². The Labute approximate surface area is 123 Å². The first-order chi connectivity index (χ1) is 10.2. The van der Waals surface area contributed by atoms with E-state index >= 15 is 0 Å². The van der Waals surface area contributed by atoms with E-state index in [1.807, 2.05) is 0 Å². The minimum absolute atomic E-state index is 0.00794. The van der Waals surface area contributed by atoms with Gasteiger partial charge >= 0.3 is 0 Å². The third-order valence-corrected chi connectivity index (χ3v) is 3.07. The number of amides is 2. The molecule has 0 spiro atoms. The second-order valence-corrected chi connectivity index (χ2v) is 4.75. The molecule has 1 fully saturated rings. The minimum Gasteiger partial charge on any atom is -0.395 e. The molecule has 1 unspecified atom stereocenters. The molecule has 1 aliphatic rings. The van der Waals surface area contributed by atoms with E-state index in [4.69, 9.17) is 5.11 Å². The molecule has 6 nitrogen and oxygen atoms in total. The summed E-state index contributed by atoms with van der Waals surface area (Å²) in [5.74, 6) is 5.41. The topological polar surface area (TPSA) is 91.3 Å². The van der Waals surface area contributed by atoms with Gasteiger partial charge < -0.3 is 15.7 Å². The van der Waals surface area contributed by atoms with E-state index in [9.17, 15) is 9.59 Å². The van der Waals surface area contributed by atoms with Crippen LogP contribution in [-0.4, -0.2) is 41.1 Å². The van der Waals surface area contributed by atoms with Crippen molar-refractivity contribution in [2.75, 3.05) is 13.2 Å². The van der Waals surface area contributed by atoms with E-state index < -0.39 is 0 Å². The van der Waals surface area contributed by atoms with Crippen molar-refractivity contribution in [2.45, 2.75) is 25.3 Å². The molecule has 0 saturated carbocycles. The molecule has 1 aromatic rings. The van der Waals surface area contributed by atoms with Crippen LogP contribution in [0.5, 0.6) is 0 Å². The highest BCUT2D eigenvalue weighted by Crippen LogP contribution is 2.06. The summed E-state index contributed by atoms with van der Waals surface area (Å²) in [5.41, 5.74) is 1.07. The van der Waals surface area contributed by atoms with Crippen LogP contribution >= 0.6 is 0 Å². The van der Waals surface area contributed by atoms with E-state index in [0.29, 0.717) is 36.9 Å². The number of carbonyl (C=O) groups excluding carboxylic acids is 2. The van der Waals surface area contributed by atoms with Crippen LogP contribution in [0.4, 0.5) is 0 Å². The minimum atomic E-state index is -0.227. The number of hydrogen-bond acceptors (Lipinski definition) is 4. The zero-order valence-corrected chi connectivity index (χ0v) is 11.6. The molecule has 0 radical (unpaired) electrons. The van der Waals surface area contributed by atoms with Crippen LogP contribution in [0.2, 0.25) is 0 Å². The van der Waals surface area contributed by atoms with Gasteiger partial charge in [0, 0.05) is 43.4 Å². The lowest BCUT2D eigenvalue weighted by atomic mass is 10.1. The lowest BCUT2D eigenvalue weighted by Gasteiger charge is -2.23. The van der Waals surface area contributed by atoms with Crippen molar-refractivity contribution in [3.05, 3.63) is 29.6 Å². The van der Waals surface area contributed by atoms with Crippen molar-refractivity contribution in [1.82, 2.24) is 15.6 Å². The maximum Gasteiger partial charge on any atom is 0.253 e. The summed E-state index contributed by atoms with van der Waals surface area (Å²) in [6.07, 6.45) is 4.50. The van der Waals surface area contributed by atoms with Crippen LogP contribution in [0.25, 0.3) is 0 Å². The first kappa shape index (κ1) is 15.0. The quantitative estimate of drug-likeness (QED) is 0.673. The van der Waals surface area contributed by atoms with E-state index in [1.165, 1.54) is 6.20 Å². The fourth-order valence-electron chi connectivity index (χ4n) is 1.98. The molecule has 0 aromatic carbocycles. The van der Waals surface area contributed by atoms with E-state index in [1.54, 1.807) is 12.3 Å². The van der Waals surface area contributed by atoms with Gasteiger partial charge in [-0.15, -0.1) is 0 Å². The summed E-state index contributed by atoms with van der Waals surface area (Å²) in [7, 11) is 0. The van der Waals surface area contributed by atoms with Crippen molar-refractivity contribution < 1.29 is 14.7 Å². The Bertz CT molecular complexity index is 579. The second kappa shape index (κ2) is 7.41. The van der Waals surface area contributed by atoms with Gasteiger partial charge in [0.1, 0.15) is 0 Å². The largest absolute Gasteiger partial charge is 0.395 e. The van der Waals surface area contributed by atoms with E-state index in [2.05, 4.69) is 27.5 Å². The lowest BCUT2D eigenvalue weighted by Crippen LogP contribution is -2.47. The summed E-state index contributed by atoms with van der Waals surface area (Å²) in [6.45, 7) is 0.460. The molecule has 1 aliphatic heterocycles. The lowest BCUT2D eigenvalue weighted by molar-refractivity contribution is -0.122. The molecule has 1 saturated heterocycles. The molecule has 2 rings (SSSR count). The number of carbonyl (C=O) groups is 2. The Balaban J connectivity index is 1.98. The van der Waals surface area contributed by atoms with E-state index in [0.717, 1.165) is 0 Å². The van der Waals surface area contributed by atoms with Crippen LogP contribution in [-0.2, 0) is 4.79 Å². The zero-order chi connectivity index (χ0) is 15.1. The van der Waals surface area contributed by atoms with Crippen molar-refractivity contribution in [1.29, 1.82) is 0 Å². The maximum absolute atomic E-state index is 12.1. The number of rotatable bonds is 3. The SMILES string of the molecule is O=C1CCC(NC(=O)c2cncc(C#CCCO)c2)CN1. The number of nitrogens with one attached hydrogen (secondary N) is 2. The average molecular weight is 287 g/mol. The van der Waals surface area contributed by atoms with Gasteiger partial charge in [-0.2, -0.15) is 0 Å². The van der Waals surface area contributed by atoms with Crippen molar-refractivity contribution in [3.63, 3.8) is 0 Å². The maximum atomic E-state index is 12.1. The van der Waals surface area contributed by atoms with Gasteiger partial charge in [-0.3, -0.25) is 14.6 Å². The highest BCUT2D eigenvalue weighted by atomic mass is 16.2. The molecule has 110 valence electrons. The van der Waals surface area contributed by atoms with Gasteiger partial charge in [-0.05, 0) is 12.5 Å². The third-order valence-electron chi connectivity index (χ3n) is 3.07. The summed E-state index contributed by atoms with van der Waals surface area (Å²) >= 11 is 0. The predicted molar refractivity (Wildman–Crippen MR) is 76.3 cm³/mol. The highest BCUT2D eigenvalue weighted by molar-refractivity contribution is 5.94. The highest BCUT2D eigenvalue weighted by Gasteiger charge is 2.20. The number of aliphatic hydroxyl groups is 1. The van der Waals surface area contributed by atoms with Crippen LogP contribution in [0.15, 0.2) is 18.5 Å². The summed E-state index contributed by atoms with van der Waals surface area (Å²) < 4.78 is 0. The molecule has 3 N–H and O–H groups in total. The predicted octanol–water partition coefficient (Wildman–Crippen LogP) is -0.176. The monoisotopic (exact) mass is 287 g/mol. The molecule has 6 heteroatoms. The fraction of sp³-hybridized carbons (Fsp3) is 0.400. The first-order valence-corrected chi connectivity index (χ1v) is 6.81. The molecule has 1 atom stereocenters. The molecule has 21 heavy (non-hydrogen) atoms. The second-order valence-electron chi connectivity index (χ2n) is 4.75. The number of hydrogen-bond donors (Lipinski definition) is 3. The Morgan fingerprint density at radius 1 is 1.52 bits per heavy atom. The van der Waals surface area contributed by atoms with Gasteiger partial charge in [0.25, 0.3) is 5.91 Å². The molecule has 2 heterocycles. The Kier molecular flexibility index (Phi) is 5.29. The molecular weight excluding hydrogens is 270 g/mol. The Morgan fingerprint density at radius 2 is 2.38 bits per heavy atom. The Morgan fingerprint density at radius 3 is 3.10 bits per heavy atom. The number of nitrogens with zero attached hydrogens (tertiary/aromatic N) is 1. The van der Waals surface area contributed by atoms with Crippen molar-refractivity contribution in [2.24, 2.45) is 0 Å². The number of aliphatic hydroxyl groups excluding tert-OH is 1. The normalized spacial score (nSPS) is 17.4. The summed E-state index contributed by atoms with van der Waals surface area (Å²) in [4.78, 5) is 27.2. The average Bonchev–Trinajstić information content (AvgIpc) is 2.50. The molecule has 0 bridgehead atoms. The number of piperidine rings is 1. The van der Waals surface area contributed by atoms with Gasteiger partial charge in [-0.25, -0.2) is 0 Å². The van der Waals surface area contributed by atoms with Gasteiger partial charge in [0.05, 0.1) is 12.2 Å². The Hall–Kier alpha value is -2.39. The van der Waals surface area contributed by atoms with E-state index in [-0.39, 0.29) is 24.5 Å². The fourth-order valence-corrected chi connectivity index (χ4v) is 1.98. The molecule has 2 amide bonds. The van der Waals surface area contributed by atoms with Crippen LogP contribution in [0.3, 0.4) is 0 Å². The van der Waals surface area contributed by atoms with Crippen LogP contribution < -0.4 is 10.6 Å². The van der Waals surface area contributed by atoms with Gasteiger partial charge in [0.15, 0.2) is 0 Å². The molecule has 0 aliphatic carbocycles. The number of aromatic nitrogens is 1. The van der Waals surface area contributed by atoms with Crippen molar-refractivity contribution >= 4 is 11.8 Å². The summed E-state index contributed by atoms with van der Waals surface area (Å²) in [6, 6.07) is 1.60. The molecule has 1 aromatic heterocycles. The number of pyridine rings is 1.